The molecule has 33 heavy (non-hydrogen) atoms. The number of benzene rings is 2. The van der Waals surface area contributed by atoms with E-state index in [0.29, 0.717) is 0 Å². The van der Waals surface area contributed by atoms with Crippen LogP contribution >= 0.6 is 11.6 Å². The summed E-state index contributed by atoms with van der Waals surface area (Å²) in [7, 11) is 2.34. The molecule has 3 aromatic rings. The highest BCUT2D eigenvalue weighted by Crippen LogP contribution is 2.44. The number of para-hydroxylation sites is 1. The molecule has 0 fully saturated rings. The molecule has 0 saturated carbocycles. The molecule has 0 atom stereocenters. The average Bonchev–Trinajstić information content (AvgIpc) is 2.81. The van der Waals surface area contributed by atoms with Gasteiger partial charge in [-0.05, 0) is 12.1 Å². The number of ether oxygens (including phenoxy) is 2. The highest BCUT2D eigenvalue weighted by molar-refractivity contribution is 6.31. The van der Waals surface area contributed by atoms with Gasteiger partial charge in [-0.3, -0.25) is 9.80 Å². The van der Waals surface area contributed by atoms with E-state index in [2.05, 4.69) is 4.98 Å². The van der Waals surface area contributed by atoms with E-state index in [1.54, 1.807) is 0 Å². The molecule has 2 heterocycles. The molecule has 0 saturated heterocycles. The highest BCUT2D eigenvalue weighted by atomic mass is 35.5. The number of anilines is 3. The number of carbonyl (C=O) groups excluding carboxylic acids is 1. The van der Waals surface area contributed by atoms with Crippen LogP contribution in [0.4, 0.5) is 35.0 Å². The van der Waals surface area contributed by atoms with Crippen molar-refractivity contribution in [1.82, 2.24) is 4.98 Å². The lowest BCUT2D eigenvalue weighted by atomic mass is 10.0. The molecule has 7 nitrogen and oxygen atoms in total. The zero-order chi connectivity index (χ0) is 23.9. The van der Waals surface area contributed by atoms with Gasteiger partial charge in [-0.15, -0.1) is 0 Å². The van der Waals surface area contributed by atoms with E-state index in [1.165, 1.54) is 38.6 Å². The number of aromatic nitrogens is 1. The first-order chi connectivity index (χ1) is 15.8. The summed E-state index contributed by atoms with van der Waals surface area (Å²) < 4.78 is 55.1. The van der Waals surface area contributed by atoms with Crippen LogP contribution in [0.5, 0.6) is 11.5 Å². The molecule has 2 aromatic carbocycles. The molecule has 0 aliphatic carbocycles. The molecular formula is C22H14ClF3N4O3. The molecule has 1 aliphatic heterocycles. The van der Waals surface area contributed by atoms with E-state index < -0.39 is 29.2 Å². The number of rotatable bonds is 4. The largest absolute Gasteiger partial charge is 0.493 e. The van der Waals surface area contributed by atoms with E-state index >= 15 is 8.78 Å². The van der Waals surface area contributed by atoms with Gasteiger partial charge in [-0.25, -0.2) is 22.9 Å². The number of halogens is 4. The zero-order valence-electron chi connectivity index (χ0n) is 17.2. The Bertz CT molecular complexity index is 1300. The zero-order valence-corrected chi connectivity index (χ0v) is 18.0. The Morgan fingerprint density at radius 2 is 1.73 bits per heavy atom. The van der Waals surface area contributed by atoms with Gasteiger partial charge in [0, 0.05) is 17.8 Å². The summed E-state index contributed by atoms with van der Waals surface area (Å²) in [6.07, 6.45) is 1.25. The van der Waals surface area contributed by atoms with E-state index in [1.807, 2.05) is 6.07 Å². The molecule has 0 bridgehead atoms. The molecule has 4 rings (SSSR count). The van der Waals surface area contributed by atoms with E-state index in [9.17, 15) is 14.4 Å². The molecule has 0 spiro atoms. The fourth-order valence-corrected chi connectivity index (χ4v) is 3.76. The SMILES string of the molecule is COc1cc(OC)c(F)c(N2Cc3cnc(Cl)c(C#N)c3N(c3ccccc3F)C2=O)c1F. The van der Waals surface area contributed by atoms with Gasteiger partial charge in [-0.2, -0.15) is 5.26 Å². The second-order valence-corrected chi connectivity index (χ2v) is 7.18. The number of urea groups is 1. The Kier molecular flexibility index (Phi) is 5.74. The number of pyridine rings is 1. The second-order valence-electron chi connectivity index (χ2n) is 6.82. The molecule has 1 aromatic heterocycles. The Morgan fingerprint density at radius 1 is 1.09 bits per heavy atom. The summed E-state index contributed by atoms with van der Waals surface area (Å²) in [5, 5.41) is 9.42. The van der Waals surface area contributed by atoms with Gasteiger partial charge in [0.1, 0.15) is 28.3 Å². The average molecular weight is 475 g/mol. The molecule has 0 radical (unpaired) electrons. The van der Waals surface area contributed by atoms with Crippen LogP contribution in [-0.2, 0) is 6.54 Å². The first-order valence-corrected chi connectivity index (χ1v) is 9.75. The van der Waals surface area contributed by atoms with Crippen molar-refractivity contribution in [2.24, 2.45) is 0 Å². The standard InChI is InChI=1S/C22H14ClF3N4O3/c1-32-15-7-16(33-2)18(26)20(17(15)25)29-10-11-9-28-21(23)12(8-27)19(11)30(22(29)31)14-6-4-3-5-13(14)24/h3-7,9H,10H2,1-2H3. The monoisotopic (exact) mass is 474 g/mol. The first-order valence-electron chi connectivity index (χ1n) is 9.37. The normalized spacial score (nSPS) is 12.9. The summed E-state index contributed by atoms with van der Waals surface area (Å²) >= 11 is 6.05. The predicted molar refractivity (Wildman–Crippen MR) is 114 cm³/mol. The Morgan fingerprint density at radius 3 is 2.30 bits per heavy atom. The number of hydrogen-bond donors (Lipinski definition) is 0. The van der Waals surface area contributed by atoms with Gasteiger partial charge in [0.2, 0.25) is 0 Å². The minimum Gasteiger partial charge on any atom is -0.493 e. The minimum absolute atomic E-state index is 0.0282. The van der Waals surface area contributed by atoms with E-state index in [0.717, 1.165) is 21.9 Å². The molecule has 168 valence electrons. The second kappa shape index (κ2) is 8.52. The summed E-state index contributed by atoms with van der Waals surface area (Å²) in [4.78, 5) is 19.1. The molecule has 0 unspecified atom stereocenters. The summed E-state index contributed by atoms with van der Waals surface area (Å²) in [6.45, 7) is -0.387. The maximum absolute atomic E-state index is 15.2. The Labute approximate surface area is 191 Å². The first kappa shape index (κ1) is 22.2. The highest BCUT2D eigenvalue weighted by Gasteiger charge is 2.40. The fraction of sp³-hybridized carbons (Fsp3) is 0.136. The van der Waals surface area contributed by atoms with E-state index in [4.69, 9.17) is 21.1 Å². The van der Waals surface area contributed by atoms with Crippen LogP contribution in [0.3, 0.4) is 0 Å². The van der Waals surface area contributed by atoms with Gasteiger partial charge in [0.15, 0.2) is 23.1 Å². The topological polar surface area (TPSA) is 78.7 Å². The van der Waals surface area contributed by atoms with Crippen molar-refractivity contribution in [3.8, 4) is 17.6 Å². The lowest BCUT2D eigenvalue weighted by molar-refractivity contribution is 0.251. The van der Waals surface area contributed by atoms with Crippen LogP contribution in [0.25, 0.3) is 0 Å². The lowest BCUT2D eigenvalue weighted by Gasteiger charge is -2.37. The Hall–Kier alpha value is -3.97. The van der Waals surface area contributed by atoms with Crippen LogP contribution in [0.1, 0.15) is 11.1 Å². The summed E-state index contributed by atoms with van der Waals surface area (Å²) in [5.41, 5.74) is -1.02. The van der Waals surface area contributed by atoms with Crippen LogP contribution in [0, 0.1) is 28.8 Å². The third kappa shape index (κ3) is 3.47. The minimum atomic E-state index is -1.16. The fourth-order valence-electron chi connectivity index (χ4n) is 3.58. The van der Waals surface area contributed by atoms with Crippen molar-refractivity contribution in [1.29, 1.82) is 5.26 Å². The maximum Gasteiger partial charge on any atom is 0.334 e. The maximum atomic E-state index is 15.2. The van der Waals surface area contributed by atoms with Crippen LogP contribution in [0.15, 0.2) is 36.5 Å². The third-order valence-electron chi connectivity index (χ3n) is 5.08. The van der Waals surface area contributed by atoms with E-state index in [-0.39, 0.29) is 45.7 Å². The van der Waals surface area contributed by atoms with Gasteiger partial charge in [0.25, 0.3) is 0 Å². The quantitative estimate of drug-likeness (QED) is 0.478. The van der Waals surface area contributed by atoms with Gasteiger partial charge in [-0.1, -0.05) is 23.7 Å². The summed E-state index contributed by atoms with van der Waals surface area (Å²) in [6, 6.07) is 7.09. The van der Waals surface area contributed by atoms with Gasteiger partial charge < -0.3 is 9.47 Å². The molecular weight excluding hydrogens is 461 g/mol. The third-order valence-corrected chi connectivity index (χ3v) is 5.37. The lowest BCUT2D eigenvalue weighted by Crippen LogP contribution is -2.46. The van der Waals surface area contributed by atoms with Gasteiger partial charge >= 0.3 is 6.03 Å². The van der Waals surface area contributed by atoms with Crippen molar-refractivity contribution in [3.63, 3.8) is 0 Å². The number of carbonyl (C=O) groups is 1. The van der Waals surface area contributed by atoms with Crippen LogP contribution < -0.4 is 19.3 Å². The number of amides is 2. The molecule has 11 heteroatoms. The Balaban J connectivity index is 2.02. The van der Waals surface area contributed by atoms with Crippen molar-refractivity contribution in [3.05, 3.63) is 70.3 Å². The number of nitriles is 1. The number of hydrogen-bond acceptors (Lipinski definition) is 5. The van der Waals surface area contributed by atoms with Crippen molar-refractivity contribution in [2.45, 2.75) is 6.54 Å². The van der Waals surface area contributed by atoms with Crippen molar-refractivity contribution in [2.75, 3.05) is 24.0 Å². The molecule has 0 N–H and O–H groups in total. The van der Waals surface area contributed by atoms with Crippen molar-refractivity contribution >= 4 is 34.7 Å². The van der Waals surface area contributed by atoms with Crippen LogP contribution in [0.2, 0.25) is 5.15 Å². The number of fused-ring (bicyclic) bond motifs is 1. The smallest absolute Gasteiger partial charge is 0.334 e. The van der Waals surface area contributed by atoms with Gasteiger partial charge in [0.05, 0.1) is 32.1 Å². The predicted octanol–water partition coefficient (Wildman–Crippen LogP) is 5.32. The van der Waals surface area contributed by atoms with Crippen LogP contribution in [-0.4, -0.2) is 25.2 Å². The van der Waals surface area contributed by atoms with Crippen molar-refractivity contribution < 1.29 is 27.4 Å². The number of methoxy groups -OCH3 is 2. The number of nitrogens with zero attached hydrogens (tertiary/aromatic N) is 4. The molecule has 2 amide bonds. The summed E-state index contributed by atoms with van der Waals surface area (Å²) in [5.74, 6) is -3.87. The molecule has 1 aliphatic rings.